The van der Waals surface area contributed by atoms with Crippen molar-refractivity contribution in [1.82, 2.24) is 14.9 Å². The largest absolute Gasteiger partial charge is 0.424 e. The van der Waals surface area contributed by atoms with E-state index in [1.165, 1.54) is 19.4 Å². The molecule has 1 amide bonds. The summed E-state index contributed by atoms with van der Waals surface area (Å²) in [5.74, 6) is -1.02. The van der Waals surface area contributed by atoms with E-state index in [2.05, 4.69) is 29.0 Å². The SMILES string of the molecule is CCN(c1ccc(C(=O)NCCC(O)(c2nccn2C)C(F)(F)F)cc1)C(C)C. The Morgan fingerprint density at radius 1 is 1.28 bits per heavy atom. The first-order valence-electron chi connectivity index (χ1n) is 9.43. The summed E-state index contributed by atoms with van der Waals surface area (Å²) < 4.78 is 41.6. The minimum Gasteiger partial charge on any atom is -0.374 e. The number of carbonyl (C=O) groups excluding carboxylic acids is 1. The number of hydrogen-bond acceptors (Lipinski definition) is 4. The average Bonchev–Trinajstić information content (AvgIpc) is 3.08. The molecule has 2 aromatic rings. The van der Waals surface area contributed by atoms with E-state index in [0.717, 1.165) is 16.8 Å². The van der Waals surface area contributed by atoms with Crippen LogP contribution in [0.4, 0.5) is 18.9 Å². The zero-order chi connectivity index (χ0) is 21.8. The van der Waals surface area contributed by atoms with Gasteiger partial charge in [-0.1, -0.05) is 0 Å². The number of alkyl halides is 3. The van der Waals surface area contributed by atoms with Gasteiger partial charge in [-0.15, -0.1) is 0 Å². The maximum atomic E-state index is 13.5. The fourth-order valence-corrected chi connectivity index (χ4v) is 3.25. The van der Waals surface area contributed by atoms with E-state index >= 15 is 0 Å². The predicted octanol–water partition coefficient (Wildman–Crippen LogP) is 3.22. The van der Waals surface area contributed by atoms with Crippen LogP contribution in [0.5, 0.6) is 0 Å². The van der Waals surface area contributed by atoms with Crippen molar-refractivity contribution < 1.29 is 23.1 Å². The molecule has 0 fully saturated rings. The van der Waals surface area contributed by atoms with Crippen LogP contribution in [0.25, 0.3) is 0 Å². The minimum atomic E-state index is -4.93. The molecular formula is C20H27F3N4O2. The summed E-state index contributed by atoms with van der Waals surface area (Å²) in [4.78, 5) is 18.1. The number of nitrogens with one attached hydrogen (secondary N) is 1. The van der Waals surface area contributed by atoms with Crippen LogP contribution in [0, 0.1) is 0 Å². The number of amides is 1. The first-order valence-corrected chi connectivity index (χ1v) is 9.43. The second-order valence-corrected chi connectivity index (χ2v) is 7.15. The monoisotopic (exact) mass is 412 g/mol. The number of aliphatic hydroxyl groups is 1. The second kappa shape index (κ2) is 8.86. The molecule has 29 heavy (non-hydrogen) atoms. The lowest BCUT2D eigenvalue weighted by molar-refractivity contribution is -0.272. The molecule has 0 saturated heterocycles. The molecule has 1 aromatic heterocycles. The number of halogens is 3. The molecule has 0 radical (unpaired) electrons. The molecule has 2 N–H and O–H groups in total. The van der Waals surface area contributed by atoms with Gasteiger partial charge in [0.05, 0.1) is 0 Å². The summed E-state index contributed by atoms with van der Waals surface area (Å²) in [5.41, 5.74) is -1.86. The van der Waals surface area contributed by atoms with Crippen LogP contribution < -0.4 is 10.2 Å². The van der Waals surface area contributed by atoms with E-state index in [0.29, 0.717) is 11.6 Å². The van der Waals surface area contributed by atoms with E-state index in [1.54, 1.807) is 24.3 Å². The van der Waals surface area contributed by atoms with Crippen LogP contribution in [0.2, 0.25) is 0 Å². The molecule has 1 aromatic carbocycles. The van der Waals surface area contributed by atoms with Gasteiger partial charge in [0, 0.05) is 56.2 Å². The van der Waals surface area contributed by atoms with Gasteiger partial charge in [-0.2, -0.15) is 13.2 Å². The molecule has 1 atom stereocenters. The van der Waals surface area contributed by atoms with Gasteiger partial charge >= 0.3 is 6.18 Å². The van der Waals surface area contributed by atoms with Crippen molar-refractivity contribution >= 4 is 11.6 Å². The number of imidazole rings is 1. The van der Waals surface area contributed by atoms with Gasteiger partial charge in [0.1, 0.15) is 5.82 Å². The number of hydrogen-bond donors (Lipinski definition) is 2. The van der Waals surface area contributed by atoms with Crippen LogP contribution in [-0.2, 0) is 12.6 Å². The number of rotatable bonds is 8. The smallest absolute Gasteiger partial charge is 0.374 e. The lowest BCUT2D eigenvalue weighted by Crippen LogP contribution is -2.46. The Kier molecular flexibility index (Phi) is 6.94. The van der Waals surface area contributed by atoms with Gasteiger partial charge in [-0.05, 0) is 45.0 Å². The maximum Gasteiger partial charge on any atom is 0.424 e. The molecule has 1 unspecified atom stereocenters. The van der Waals surface area contributed by atoms with Gasteiger partial charge in [0.15, 0.2) is 0 Å². The highest BCUT2D eigenvalue weighted by Gasteiger charge is 2.57. The summed E-state index contributed by atoms with van der Waals surface area (Å²) in [6, 6.07) is 7.16. The van der Waals surface area contributed by atoms with Crippen molar-refractivity contribution in [3.8, 4) is 0 Å². The summed E-state index contributed by atoms with van der Waals surface area (Å²) in [5, 5.41) is 12.7. The van der Waals surface area contributed by atoms with Gasteiger partial charge < -0.3 is 19.9 Å². The van der Waals surface area contributed by atoms with Crippen molar-refractivity contribution in [2.24, 2.45) is 7.05 Å². The normalized spacial score (nSPS) is 14.0. The second-order valence-electron chi connectivity index (χ2n) is 7.15. The predicted molar refractivity (Wildman–Crippen MR) is 105 cm³/mol. The Labute approximate surface area is 168 Å². The summed E-state index contributed by atoms with van der Waals surface area (Å²) in [6.07, 6.45) is -3.17. The van der Waals surface area contributed by atoms with Crippen molar-refractivity contribution in [1.29, 1.82) is 0 Å². The first-order chi connectivity index (χ1) is 13.5. The number of aromatic nitrogens is 2. The fourth-order valence-electron chi connectivity index (χ4n) is 3.25. The summed E-state index contributed by atoms with van der Waals surface area (Å²) >= 11 is 0. The standard InChI is InChI=1S/C20H27F3N4O2/c1-5-27(14(2)3)16-8-6-15(7-9-16)17(28)24-11-10-19(29,20(21,22)23)18-25-12-13-26(18)4/h6-9,12-14,29H,5,10-11H2,1-4H3,(H,24,28). The van der Waals surface area contributed by atoms with Crippen molar-refractivity contribution in [3.63, 3.8) is 0 Å². The third kappa shape index (κ3) is 4.90. The first kappa shape index (κ1) is 22.7. The lowest BCUT2D eigenvalue weighted by Gasteiger charge is -2.30. The maximum absolute atomic E-state index is 13.5. The van der Waals surface area contributed by atoms with Gasteiger partial charge in [-0.25, -0.2) is 4.98 Å². The molecule has 6 nitrogen and oxygen atoms in total. The molecule has 1 heterocycles. The van der Waals surface area contributed by atoms with Crippen LogP contribution in [0.3, 0.4) is 0 Å². The third-order valence-corrected chi connectivity index (χ3v) is 4.86. The van der Waals surface area contributed by atoms with Crippen LogP contribution in [0.15, 0.2) is 36.7 Å². The van der Waals surface area contributed by atoms with E-state index in [4.69, 9.17) is 0 Å². The lowest BCUT2D eigenvalue weighted by atomic mass is 9.97. The van der Waals surface area contributed by atoms with Crippen LogP contribution in [0.1, 0.15) is 43.4 Å². The van der Waals surface area contributed by atoms with E-state index in [9.17, 15) is 23.1 Å². The van der Waals surface area contributed by atoms with Crippen molar-refractivity contribution in [2.75, 3.05) is 18.0 Å². The Balaban J connectivity index is 2.05. The number of aryl methyl sites for hydroxylation is 1. The molecule has 2 rings (SSSR count). The topological polar surface area (TPSA) is 70.4 Å². The van der Waals surface area contributed by atoms with E-state index in [1.807, 2.05) is 6.92 Å². The minimum absolute atomic E-state index is 0.297. The molecular weight excluding hydrogens is 385 g/mol. The Hall–Kier alpha value is -2.55. The van der Waals surface area contributed by atoms with Gasteiger partial charge in [0.25, 0.3) is 5.91 Å². The number of carbonyl (C=O) groups is 1. The zero-order valence-corrected chi connectivity index (χ0v) is 17.0. The molecule has 0 spiro atoms. The number of nitrogens with zero attached hydrogens (tertiary/aromatic N) is 3. The fraction of sp³-hybridized carbons (Fsp3) is 0.500. The van der Waals surface area contributed by atoms with Gasteiger partial charge in [-0.3, -0.25) is 4.79 Å². The van der Waals surface area contributed by atoms with E-state index < -0.39 is 29.9 Å². The van der Waals surface area contributed by atoms with Gasteiger partial charge in [0.2, 0.25) is 5.60 Å². The molecule has 9 heteroatoms. The molecule has 160 valence electrons. The van der Waals surface area contributed by atoms with Crippen LogP contribution >= 0.6 is 0 Å². The van der Waals surface area contributed by atoms with Crippen molar-refractivity contribution in [2.45, 2.75) is 45.0 Å². The van der Waals surface area contributed by atoms with Crippen molar-refractivity contribution in [3.05, 3.63) is 48.0 Å². The molecule has 0 aliphatic rings. The van der Waals surface area contributed by atoms with Crippen LogP contribution in [-0.4, -0.2) is 45.9 Å². The van der Waals surface area contributed by atoms with E-state index in [-0.39, 0.29) is 6.54 Å². The average molecular weight is 412 g/mol. The Morgan fingerprint density at radius 3 is 2.34 bits per heavy atom. The number of anilines is 1. The molecule has 0 bridgehead atoms. The quantitative estimate of drug-likeness (QED) is 0.699. The third-order valence-electron chi connectivity index (χ3n) is 4.86. The molecule has 0 aliphatic carbocycles. The zero-order valence-electron chi connectivity index (χ0n) is 17.0. The Bertz CT molecular complexity index is 818. The number of benzene rings is 1. The molecule has 0 saturated carbocycles. The highest BCUT2D eigenvalue weighted by molar-refractivity contribution is 5.94. The highest BCUT2D eigenvalue weighted by Crippen LogP contribution is 2.40. The highest BCUT2D eigenvalue weighted by atomic mass is 19.4. The Morgan fingerprint density at radius 2 is 1.90 bits per heavy atom. The summed E-state index contributed by atoms with van der Waals surface area (Å²) in [7, 11) is 1.37. The molecule has 0 aliphatic heterocycles. The summed E-state index contributed by atoms with van der Waals surface area (Å²) in [6.45, 7) is 6.61.